The van der Waals surface area contributed by atoms with Gasteiger partial charge in [0, 0.05) is 23.3 Å². The van der Waals surface area contributed by atoms with Gasteiger partial charge >= 0.3 is 0 Å². The molecule has 8 rings (SSSR count). The highest BCUT2D eigenvalue weighted by atomic mass is 15.0. The van der Waals surface area contributed by atoms with Crippen molar-refractivity contribution in [3.05, 3.63) is 128 Å². The minimum Gasteiger partial charge on any atom is -0.299 e. The van der Waals surface area contributed by atoms with E-state index in [2.05, 4.69) is 92.8 Å². The van der Waals surface area contributed by atoms with Crippen LogP contribution >= 0.6 is 0 Å². The van der Waals surface area contributed by atoms with Crippen LogP contribution in [0.4, 0.5) is 0 Å². The molecule has 38 heavy (non-hydrogen) atoms. The number of pyridine rings is 3. The summed E-state index contributed by atoms with van der Waals surface area (Å²) in [7, 11) is 0. The highest BCUT2D eigenvalue weighted by molar-refractivity contribution is 6.00. The molecule has 5 aromatic heterocycles. The van der Waals surface area contributed by atoms with Crippen molar-refractivity contribution < 1.29 is 0 Å². The van der Waals surface area contributed by atoms with Gasteiger partial charge in [0.15, 0.2) is 0 Å². The van der Waals surface area contributed by atoms with Crippen LogP contribution in [0.3, 0.4) is 0 Å². The van der Waals surface area contributed by atoms with Crippen LogP contribution in [0.15, 0.2) is 128 Å². The third-order valence-corrected chi connectivity index (χ3v) is 7.20. The fourth-order valence-corrected chi connectivity index (χ4v) is 5.50. The molecule has 0 saturated heterocycles. The van der Waals surface area contributed by atoms with E-state index in [-0.39, 0.29) is 0 Å². The van der Waals surface area contributed by atoms with Crippen LogP contribution in [0.25, 0.3) is 67.0 Å². The summed E-state index contributed by atoms with van der Waals surface area (Å²) < 4.78 is 4.39. The molecule has 0 saturated carbocycles. The first-order chi connectivity index (χ1) is 18.8. The standard InChI is InChI=1S/C33H21N5/c1-3-12-28-24(9-1)25(21-31-35-26-10-2-4-13-29(26)38(28)31)22-15-17-23(18-16-22)33-32(27-11-5-7-19-34-27)36-30-14-6-8-20-37(30)33/h1-21H. The number of hydrogen-bond donors (Lipinski definition) is 0. The van der Waals surface area contributed by atoms with Crippen LogP contribution in [-0.2, 0) is 0 Å². The Bertz CT molecular complexity index is 2120. The number of rotatable bonds is 3. The second-order valence-corrected chi connectivity index (χ2v) is 9.40. The zero-order valence-corrected chi connectivity index (χ0v) is 20.4. The van der Waals surface area contributed by atoms with Crippen molar-refractivity contribution in [2.75, 3.05) is 0 Å². The molecular formula is C33H21N5. The minimum atomic E-state index is 0.859. The molecule has 5 nitrogen and oxygen atoms in total. The average Bonchev–Trinajstić information content (AvgIpc) is 3.56. The lowest BCUT2D eigenvalue weighted by atomic mass is 9.98. The van der Waals surface area contributed by atoms with Gasteiger partial charge in [0.05, 0.1) is 27.9 Å². The van der Waals surface area contributed by atoms with Crippen molar-refractivity contribution in [1.29, 1.82) is 0 Å². The molecule has 0 unspecified atom stereocenters. The van der Waals surface area contributed by atoms with Gasteiger partial charge in [-0.05, 0) is 59.7 Å². The summed E-state index contributed by atoms with van der Waals surface area (Å²) in [5.74, 6) is 0. The van der Waals surface area contributed by atoms with Gasteiger partial charge in [-0.2, -0.15) is 0 Å². The Morgan fingerprint density at radius 1 is 0.579 bits per heavy atom. The summed E-state index contributed by atoms with van der Waals surface area (Å²) in [5.41, 5.74) is 11.3. The molecule has 0 spiro atoms. The maximum absolute atomic E-state index is 4.93. The Morgan fingerprint density at radius 2 is 1.34 bits per heavy atom. The number of benzene rings is 3. The molecule has 0 radical (unpaired) electrons. The summed E-state index contributed by atoms with van der Waals surface area (Å²) in [6, 6.07) is 39.8. The van der Waals surface area contributed by atoms with Gasteiger partial charge in [-0.25, -0.2) is 9.97 Å². The van der Waals surface area contributed by atoms with E-state index in [1.807, 2.05) is 48.7 Å². The minimum absolute atomic E-state index is 0.859. The highest BCUT2D eigenvalue weighted by Crippen LogP contribution is 2.36. The monoisotopic (exact) mass is 487 g/mol. The van der Waals surface area contributed by atoms with Crippen LogP contribution in [0.1, 0.15) is 0 Å². The van der Waals surface area contributed by atoms with Gasteiger partial charge in [-0.1, -0.05) is 66.7 Å². The first-order valence-electron chi connectivity index (χ1n) is 12.6. The lowest BCUT2D eigenvalue weighted by Crippen LogP contribution is -1.93. The second-order valence-electron chi connectivity index (χ2n) is 9.40. The highest BCUT2D eigenvalue weighted by Gasteiger charge is 2.17. The molecule has 0 atom stereocenters. The fourth-order valence-electron chi connectivity index (χ4n) is 5.50. The molecule has 0 amide bonds. The van der Waals surface area contributed by atoms with E-state index in [0.717, 1.165) is 61.6 Å². The van der Waals surface area contributed by atoms with Crippen LogP contribution in [0, 0.1) is 0 Å². The summed E-state index contributed by atoms with van der Waals surface area (Å²) in [5, 5.41) is 1.19. The summed E-state index contributed by atoms with van der Waals surface area (Å²) in [4.78, 5) is 14.5. The second kappa shape index (κ2) is 8.11. The van der Waals surface area contributed by atoms with E-state index < -0.39 is 0 Å². The molecule has 5 heterocycles. The largest absolute Gasteiger partial charge is 0.299 e. The van der Waals surface area contributed by atoms with Crippen LogP contribution in [0.5, 0.6) is 0 Å². The van der Waals surface area contributed by atoms with Crippen molar-refractivity contribution in [3.63, 3.8) is 0 Å². The van der Waals surface area contributed by atoms with Crippen molar-refractivity contribution in [2.45, 2.75) is 0 Å². The topological polar surface area (TPSA) is 47.5 Å². The Balaban J connectivity index is 1.33. The van der Waals surface area contributed by atoms with Gasteiger partial charge < -0.3 is 0 Å². The van der Waals surface area contributed by atoms with E-state index in [4.69, 9.17) is 9.97 Å². The third kappa shape index (κ3) is 3.09. The van der Waals surface area contributed by atoms with Crippen LogP contribution < -0.4 is 0 Å². The lowest BCUT2D eigenvalue weighted by molar-refractivity contribution is 1.19. The quantitative estimate of drug-likeness (QED) is 0.257. The molecule has 5 heteroatoms. The smallest absolute Gasteiger partial charge is 0.139 e. The van der Waals surface area contributed by atoms with E-state index in [0.29, 0.717) is 0 Å². The zero-order valence-electron chi connectivity index (χ0n) is 20.4. The number of para-hydroxylation sites is 3. The van der Waals surface area contributed by atoms with Gasteiger partial charge in [0.2, 0.25) is 0 Å². The average molecular weight is 488 g/mol. The maximum Gasteiger partial charge on any atom is 0.139 e. The normalized spacial score (nSPS) is 11.7. The Labute approximate surface area is 218 Å². The Hall–Kier alpha value is -5.29. The third-order valence-electron chi connectivity index (χ3n) is 7.20. The van der Waals surface area contributed by atoms with Gasteiger partial charge in [0.25, 0.3) is 0 Å². The van der Waals surface area contributed by atoms with E-state index in [9.17, 15) is 0 Å². The van der Waals surface area contributed by atoms with Crippen molar-refractivity contribution in [2.24, 2.45) is 0 Å². The predicted molar refractivity (Wildman–Crippen MR) is 153 cm³/mol. The molecule has 0 bridgehead atoms. The molecule has 0 aliphatic rings. The molecule has 0 fully saturated rings. The molecule has 0 aliphatic heterocycles. The zero-order chi connectivity index (χ0) is 25.1. The number of hydrogen-bond acceptors (Lipinski definition) is 3. The van der Waals surface area contributed by atoms with Crippen molar-refractivity contribution >= 4 is 33.2 Å². The lowest BCUT2D eigenvalue weighted by Gasteiger charge is -2.11. The SMILES string of the molecule is c1ccc(-c2nc3ccccn3c2-c2ccc(-c3cc4nc5ccccc5n4c4ccccc34)cc2)nc1. The van der Waals surface area contributed by atoms with Crippen molar-refractivity contribution in [1.82, 2.24) is 23.8 Å². The van der Waals surface area contributed by atoms with Crippen LogP contribution in [-0.4, -0.2) is 23.8 Å². The summed E-state index contributed by atoms with van der Waals surface area (Å²) in [6.07, 6.45) is 3.87. The number of imidazole rings is 2. The molecule has 178 valence electrons. The van der Waals surface area contributed by atoms with Gasteiger partial charge in [-0.3, -0.25) is 13.8 Å². The Morgan fingerprint density at radius 3 is 2.21 bits per heavy atom. The van der Waals surface area contributed by atoms with E-state index >= 15 is 0 Å². The number of aromatic nitrogens is 5. The Kier molecular flexibility index (Phi) is 4.45. The number of nitrogens with zero attached hydrogens (tertiary/aromatic N) is 5. The maximum atomic E-state index is 4.93. The fraction of sp³-hybridized carbons (Fsp3) is 0. The predicted octanol–water partition coefficient (Wildman–Crippen LogP) is 7.68. The molecule has 3 aromatic carbocycles. The van der Waals surface area contributed by atoms with E-state index in [1.165, 1.54) is 5.39 Å². The molecular weight excluding hydrogens is 466 g/mol. The van der Waals surface area contributed by atoms with Crippen LogP contribution in [0.2, 0.25) is 0 Å². The van der Waals surface area contributed by atoms with E-state index in [1.54, 1.807) is 0 Å². The summed E-state index contributed by atoms with van der Waals surface area (Å²) >= 11 is 0. The molecule has 0 N–H and O–H groups in total. The summed E-state index contributed by atoms with van der Waals surface area (Å²) in [6.45, 7) is 0. The van der Waals surface area contributed by atoms with Gasteiger partial charge in [-0.15, -0.1) is 0 Å². The first-order valence-corrected chi connectivity index (χ1v) is 12.6. The van der Waals surface area contributed by atoms with Crippen molar-refractivity contribution in [3.8, 4) is 33.8 Å². The molecule has 8 aromatic rings. The first kappa shape index (κ1) is 20.9. The number of fused-ring (bicyclic) bond motifs is 6. The van der Waals surface area contributed by atoms with Gasteiger partial charge in [0.1, 0.15) is 17.0 Å². The molecule has 0 aliphatic carbocycles.